The van der Waals surface area contributed by atoms with E-state index >= 15 is 0 Å². The topological polar surface area (TPSA) is 26.3 Å². The number of benzene rings is 1. The molecule has 2 aliphatic carbocycles. The molecule has 0 unspecified atom stereocenters. The molecule has 0 aromatic heterocycles. The van der Waals surface area contributed by atoms with Crippen molar-refractivity contribution in [1.82, 2.24) is 0 Å². The van der Waals surface area contributed by atoms with Gasteiger partial charge in [-0.1, -0.05) is 83.8 Å². The lowest BCUT2D eigenvalue weighted by molar-refractivity contribution is -0.140. The van der Waals surface area contributed by atoms with Gasteiger partial charge in [-0.15, -0.1) is 0 Å². The first kappa shape index (κ1) is 25.3. The van der Waals surface area contributed by atoms with Crippen molar-refractivity contribution >= 4 is 5.97 Å². The van der Waals surface area contributed by atoms with Crippen LogP contribution < -0.4 is 4.74 Å². The minimum Gasteiger partial charge on any atom is -0.426 e. The Kier molecular flexibility index (Phi) is 11.1. The van der Waals surface area contributed by atoms with Crippen molar-refractivity contribution in [1.29, 1.82) is 0 Å². The number of hydrogen-bond acceptors (Lipinski definition) is 2. The van der Waals surface area contributed by atoms with Gasteiger partial charge in [-0.3, -0.25) is 4.79 Å². The molecule has 32 heavy (non-hydrogen) atoms. The Balaban J connectivity index is 1.34. The average molecular weight is 441 g/mol. The first-order valence-corrected chi connectivity index (χ1v) is 14.0. The average Bonchev–Trinajstić information content (AvgIpc) is 2.84. The van der Waals surface area contributed by atoms with Gasteiger partial charge in [0.1, 0.15) is 5.75 Å². The number of aryl methyl sites for hydroxylation is 1. The third-order valence-electron chi connectivity index (χ3n) is 8.34. The molecular weight excluding hydrogens is 392 g/mol. The molecule has 2 aliphatic rings. The second kappa shape index (κ2) is 14.1. The summed E-state index contributed by atoms with van der Waals surface area (Å²) in [6.45, 7) is 4.56. The highest BCUT2D eigenvalue weighted by molar-refractivity contribution is 5.75. The van der Waals surface area contributed by atoms with Crippen molar-refractivity contribution in [2.45, 2.75) is 123 Å². The van der Waals surface area contributed by atoms with Crippen LogP contribution in [0.15, 0.2) is 24.3 Å². The Morgan fingerprint density at radius 1 is 0.750 bits per heavy atom. The zero-order chi connectivity index (χ0) is 22.6. The van der Waals surface area contributed by atoms with Crippen molar-refractivity contribution in [3.05, 3.63) is 29.8 Å². The molecular formula is C30H48O2. The fraction of sp³-hybridized carbons (Fsp3) is 0.767. The molecule has 2 heteroatoms. The minimum atomic E-state index is -0.000889. The van der Waals surface area contributed by atoms with Gasteiger partial charge in [-0.05, 0) is 86.8 Å². The fourth-order valence-electron chi connectivity index (χ4n) is 6.12. The van der Waals surface area contributed by atoms with Crippen LogP contribution in [-0.2, 0) is 11.2 Å². The van der Waals surface area contributed by atoms with Crippen LogP contribution in [0.5, 0.6) is 5.75 Å². The van der Waals surface area contributed by atoms with Crippen LogP contribution in [0.25, 0.3) is 0 Å². The lowest BCUT2D eigenvalue weighted by Crippen LogP contribution is -2.30. The maximum Gasteiger partial charge on any atom is 0.314 e. The number of hydrogen-bond donors (Lipinski definition) is 0. The maximum absolute atomic E-state index is 12.7. The Hall–Kier alpha value is -1.31. The molecule has 0 aliphatic heterocycles. The summed E-state index contributed by atoms with van der Waals surface area (Å²) in [5.41, 5.74) is 1.35. The van der Waals surface area contributed by atoms with Crippen molar-refractivity contribution in [3.8, 4) is 5.75 Å². The largest absolute Gasteiger partial charge is 0.426 e. The monoisotopic (exact) mass is 440 g/mol. The van der Waals surface area contributed by atoms with E-state index in [1.165, 1.54) is 95.5 Å². The van der Waals surface area contributed by atoms with Crippen molar-refractivity contribution < 1.29 is 9.53 Å². The summed E-state index contributed by atoms with van der Waals surface area (Å²) in [7, 11) is 0. The van der Waals surface area contributed by atoms with Crippen LogP contribution in [0.1, 0.15) is 122 Å². The molecule has 0 atom stereocenters. The molecule has 1 aromatic rings. The SMILES string of the molecule is CCCCCCCc1ccc(OC(=O)C2CCC(C3CCC(CCCC)CC3)CC2)cc1. The molecule has 3 rings (SSSR count). The smallest absolute Gasteiger partial charge is 0.314 e. The van der Waals surface area contributed by atoms with Gasteiger partial charge < -0.3 is 4.74 Å². The normalized spacial score (nSPS) is 26.1. The Morgan fingerprint density at radius 3 is 1.97 bits per heavy atom. The standard InChI is InChI=1S/C30H48O2/c1-3-5-7-8-9-11-25-14-22-29(23-15-25)32-30(31)28-20-18-27(19-21-28)26-16-12-24(13-17-26)10-6-4-2/h14-15,22-24,26-28H,3-13,16-21H2,1-2H3. The van der Waals surface area contributed by atoms with Gasteiger partial charge in [0, 0.05) is 0 Å². The zero-order valence-electron chi connectivity index (χ0n) is 21.0. The highest BCUT2D eigenvalue weighted by atomic mass is 16.5. The molecule has 0 bridgehead atoms. The van der Waals surface area contributed by atoms with Gasteiger partial charge in [-0.25, -0.2) is 0 Å². The Labute approximate surface area is 197 Å². The minimum absolute atomic E-state index is 0.000889. The van der Waals surface area contributed by atoms with Crippen LogP contribution in [0.2, 0.25) is 0 Å². The van der Waals surface area contributed by atoms with Gasteiger partial charge in [0.05, 0.1) is 5.92 Å². The van der Waals surface area contributed by atoms with E-state index in [0.29, 0.717) is 0 Å². The lowest BCUT2D eigenvalue weighted by atomic mass is 9.68. The van der Waals surface area contributed by atoms with Crippen molar-refractivity contribution in [2.24, 2.45) is 23.7 Å². The summed E-state index contributed by atoms with van der Waals surface area (Å²) >= 11 is 0. The summed E-state index contributed by atoms with van der Waals surface area (Å²) in [6, 6.07) is 8.25. The lowest BCUT2D eigenvalue weighted by Gasteiger charge is -2.37. The van der Waals surface area contributed by atoms with E-state index in [2.05, 4.69) is 26.0 Å². The first-order chi connectivity index (χ1) is 15.7. The van der Waals surface area contributed by atoms with Crippen molar-refractivity contribution in [2.75, 3.05) is 0 Å². The van der Waals surface area contributed by atoms with E-state index in [9.17, 15) is 4.79 Å². The molecule has 2 saturated carbocycles. The third kappa shape index (κ3) is 8.23. The Bertz CT molecular complexity index is 633. The summed E-state index contributed by atoms with van der Waals surface area (Å²) in [5, 5.41) is 0. The molecule has 180 valence electrons. The summed E-state index contributed by atoms with van der Waals surface area (Å²) in [5.74, 6) is 3.58. The van der Waals surface area contributed by atoms with Crippen LogP contribution in [-0.4, -0.2) is 5.97 Å². The zero-order valence-corrected chi connectivity index (χ0v) is 21.0. The highest BCUT2D eigenvalue weighted by Gasteiger charge is 2.33. The number of rotatable bonds is 12. The highest BCUT2D eigenvalue weighted by Crippen LogP contribution is 2.42. The van der Waals surface area contributed by atoms with Gasteiger partial charge in [0.2, 0.25) is 0 Å². The molecule has 2 nitrogen and oxygen atoms in total. The second-order valence-electron chi connectivity index (χ2n) is 10.8. The van der Waals surface area contributed by atoms with E-state index in [1.54, 1.807) is 0 Å². The van der Waals surface area contributed by atoms with Crippen LogP contribution >= 0.6 is 0 Å². The third-order valence-corrected chi connectivity index (χ3v) is 8.34. The Morgan fingerprint density at radius 2 is 1.34 bits per heavy atom. The number of esters is 1. The fourth-order valence-corrected chi connectivity index (χ4v) is 6.12. The maximum atomic E-state index is 12.7. The number of carbonyl (C=O) groups excluding carboxylic acids is 1. The predicted molar refractivity (Wildman–Crippen MR) is 135 cm³/mol. The van der Waals surface area contributed by atoms with E-state index in [4.69, 9.17) is 4.74 Å². The molecule has 0 spiro atoms. The number of unbranched alkanes of at least 4 members (excludes halogenated alkanes) is 5. The molecule has 0 heterocycles. The predicted octanol–water partition coefficient (Wildman–Crippen LogP) is 8.91. The number of carbonyl (C=O) groups is 1. The summed E-state index contributed by atoms with van der Waals surface area (Å²) in [4.78, 5) is 12.7. The molecule has 0 N–H and O–H groups in total. The van der Waals surface area contributed by atoms with Gasteiger partial charge in [-0.2, -0.15) is 0 Å². The molecule has 2 fully saturated rings. The molecule has 1 aromatic carbocycles. The van der Waals surface area contributed by atoms with Gasteiger partial charge in [0.25, 0.3) is 0 Å². The van der Waals surface area contributed by atoms with Crippen LogP contribution in [0.4, 0.5) is 0 Å². The first-order valence-electron chi connectivity index (χ1n) is 14.0. The molecule has 0 saturated heterocycles. The van der Waals surface area contributed by atoms with Gasteiger partial charge in [0.15, 0.2) is 0 Å². The van der Waals surface area contributed by atoms with Crippen LogP contribution in [0, 0.1) is 23.7 Å². The van der Waals surface area contributed by atoms with E-state index < -0.39 is 0 Å². The quantitative estimate of drug-likeness (QED) is 0.184. The summed E-state index contributed by atoms with van der Waals surface area (Å²) < 4.78 is 5.76. The summed E-state index contributed by atoms with van der Waals surface area (Å²) in [6.07, 6.45) is 22.1. The van der Waals surface area contributed by atoms with Crippen LogP contribution in [0.3, 0.4) is 0 Å². The van der Waals surface area contributed by atoms with E-state index in [0.717, 1.165) is 42.8 Å². The second-order valence-corrected chi connectivity index (χ2v) is 10.8. The van der Waals surface area contributed by atoms with Crippen molar-refractivity contribution in [3.63, 3.8) is 0 Å². The van der Waals surface area contributed by atoms with E-state index in [-0.39, 0.29) is 11.9 Å². The molecule has 0 amide bonds. The van der Waals surface area contributed by atoms with Gasteiger partial charge >= 0.3 is 5.97 Å². The number of ether oxygens (including phenoxy) is 1. The molecule has 0 radical (unpaired) electrons. The van der Waals surface area contributed by atoms with E-state index in [1.807, 2.05) is 12.1 Å².